The lowest BCUT2D eigenvalue weighted by molar-refractivity contribution is 0.511. The Balaban J connectivity index is 1.74. The number of rotatable bonds is 3. The van der Waals surface area contributed by atoms with Gasteiger partial charge in [0, 0.05) is 13.1 Å². The predicted octanol–water partition coefficient (Wildman–Crippen LogP) is 1.73. The number of fused-ring (bicyclic) bond motifs is 1. The zero-order chi connectivity index (χ0) is 12.5. The number of nitrogens with one attached hydrogen (secondary N) is 1. The van der Waals surface area contributed by atoms with Gasteiger partial charge in [-0.05, 0) is 30.0 Å². The molecule has 0 bridgehead atoms. The van der Waals surface area contributed by atoms with E-state index in [2.05, 4.69) is 15.5 Å². The van der Waals surface area contributed by atoms with Gasteiger partial charge in [-0.2, -0.15) is 0 Å². The molecule has 5 heteroatoms. The van der Waals surface area contributed by atoms with Crippen LogP contribution in [0.2, 0.25) is 0 Å². The standard InChI is InChI=1S/C13H15FN4/c1-18-8-16-17-13(18)7-15-12-6-5-9-10(12)3-2-4-11(9)14/h2-4,8,12,15H,5-7H2,1H3. The minimum absolute atomic E-state index is 0.0875. The highest BCUT2D eigenvalue weighted by Crippen LogP contribution is 2.32. The van der Waals surface area contributed by atoms with E-state index in [1.807, 2.05) is 17.7 Å². The van der Waals surface area contributed by atoms with Crippen LogP contribution in [0.25, 0.3) is 0 Å². The van der Waals surface area contributed by atoms with Crippen LogP contribution in [-0.4, -0.2) is 14.8 Å². The molecule has 1 aromatic carbocycles. The smallest absolute Gasteiger partial charge is 0.146 e. The van der Waals surface area contributed by atoms with Crippen LogP contribution in [0.1, 0.15) is 29.4 Å². The summed E-state index contributed by atoms with van der Waals surface area (Å²) in [6.07, 6.45) is 3.42. The average Bonchev–Trinajstić information content (AvgIpc) is 2.94. The fraction of sp³-hybridized carbons (Fsp3) is 0.385. The first-order valence-corrected chi connectivity index (χ1v) is 6.09. The first kappa shape index (κ1) is 11.3. The number of hydrogen-bond donors (Lipinski definition) is 1. The zero-order valence-electron chi connectivity index (χ0n) is 10.2. The van der Waals surface area contributed by atoms with E-state index in [4.69, 9.17) is 0 Å². The Bertz CT molecular complexity index is 564. The van der Waals surface area contributed by atoms with Crippen LogP contribution in [0.3, 0.4) is 0 Å². The summed E-state index contributed by atoms with van der Waals surface area (Å²) in [7, 11) is 1.92. The van der Waals surface area contributed by atoms with E-state index in [-0.39, 0.29) is 11.9 Å². The molecule has 2 aromatic rings. The molecule has 1 aromatic heterocycles. The molecule has 18 heavy (non-hydrogen) atoms. The average molecular weight is 246 g/mol. The third-order valence-corrected chi connectivity index (χ3v) is 3.53. The van der Waals surface area contributed by atoms with E-state index in [9.17, 15) is 4.39 Å². The van der Waals surface area contributed by atoms with Crippen molar-refractivity contribution < 1.29 is 4.39 Å². The van der Waals surface area contributed by atoms with E-state index in [1.54, 1.807) is 12.4 Å². The molecule has 0 spiro atoms. The van der Waals surface area contributed by atoms with E-state index < -0.39 is 0 Å². The van der Waals surface area contributed by atoms with Crippen LogP contribution >= 0.6 is 0 Å². The van der Waals surface area contributed by atoms with Crippen LogP contribution in [0.4, 0.5) is 4.39 Å². The number of aromatic nitrogens is 3. The molecule has 0 saturated carbocycles. The van der Waals surface area contributed by atoms with Crippen molar-refractivity contribution in [2.75, 3.05) is 0 Å². The molecule has 1 unspecified atom stereocenters. The number of nitrogens with zero attached hydrogens (tertiary/aromatic N) is 3. The van der Waals surface area contributed by atoms with E-state index in [0.717, 1.165) is 29.8 Å². The molecular formula is C13H15FN4. The topological polar surface area (TPSA) is 42.7 Å². The van der Waals surface area contributed by atoms with E-state index in [0.29, 0.717) is 6.54 Å². The minimum atomic E-state index is -0.0875. The zero-order valence-corrected chi connectivity index (χ0v) is 10.2. The molecule has 1 aliphatic carbocycles. The Morgan fingerprint density at radius 2 is 2.39 bits per heavy atom. The molecule has 0 aliphatic heterocycles. The lowest BCUT2D eigenvalue weighted by atomic mass is 10.1. The van der Waals surface area contributed by atoms with Crippen LogP contribution in [-0.2, 0) is 20.0 Å². The minimum Gasteiger partial charge on any atom is -0.320 e. The Hall–Kier alpha value is -1.75. The number of halogens is 1. The van der Waals surface area contributed by atoms with Gasteiger partial charge in [-0.15, -0.1) is 10.2 Å². The summed E-state index contributed by atoms with van der Waals surface area (Å²) in [4.78, 5) is 0. The summed E-state index contributed by atoms with van der Waals surface area (Å²) in [6.45, 7) is 0.650. The summed E-state index contributed by atoms with van der Waals surface area (Å²) >= 11 is 0. The molecule has 0 radical (unpaired) electrons. The highest BCUT2D eigenvalue weighted by molar-refractivity contribution is 5.35. The SMILES string of the molecule is Cn1cnnc1CNC1CCc2c(F)cccc21. The quantitative estimate of drug-likeness (QED) is 0.897. The fourth-order valence-electron chi connectivity index (χ4n) is 2.50. The van der Waals surface area contributed by atoms with Gasteiger partial charge in [0.15, 0.2) is 0 Å². The Morgan fingerprint density at radius 3 is 3.17 bits per heavy atom. The van der Waals surface area contributed by atoms with Crippen LogP contribution in [0, 0.1) is 5.82 Å². The summed E-state index contributed by atoms with van der Waals surface area (Å²) in [6, 6.07) is 5.52. The van der Waals surface area contributed by atoms with Gasteiger partial charge >= 0.3 is 0 Å². The molecule has 3 rings (SSSR count). The molecule has 1 aliphatic rings. The van der Waals surface area contributed by atoms with Crippen molar-refractivity contribution in [2.45, 2.75) is 25.4 Å². The molecule has 1 atom stereocenters. The van der Waals surface area contributed by atoms with Crippen LogP contribution < -0.4 is 5.32 Å². The monoisotopic (exact) mass is 246 g/mol. The first-order valence-electron chi connectivity index (χ1n) is 6.09. The van der Waals surface area contributed by atoms with Crippen molar-refractivity contribution >= 4 is 0 Å². The van der Waals surface area contributed by atoms with E-state index in [1.165, 1.54) is 6.07 Å². The second-order valence-electron chi connectivity index (χ2n) is 4.64. The van der Waals surface area contributed by atoms with Crippen molar-refractivity contribution in [3.8, 4) is 0 Å². The van der Waals surface area contributed by atoms with E-state index >= 15 is 0 Å². The van der Waals surface area contributed by atoms with Gasteiger partial charge in [-0.1, -0.05) is 12.1 Å². The van der Waals surface area contributed by atoms with Gasteiger partial charge in [-0.3, -0.25) is 0 Å². The first-order chi connectivity index (χ1) is 8.75. The third kappa shape index (κ3) is 1.90. The summed E-state index contributed by atoms with van der Waals surface area (Å²) in [5.41, 5.74) is 1.94. The molecule has 4 nitrogen and oxygen atoms in total. The van der Waals surface area contributed by atoms with Gasteiger partial charge in [0.05, 0.1) is 6.54 Å². The van der Waals surface area contributed by atoms with Crippen molar-refractivity contribution in [1.29, 1.82) is 0 Å². The molecule has 1 heterocycles. The summed E-state index contributed by atoms with van der Waals surface area (Å²) in [5, 5.41) is 11.3. The highest BCUT2D eigenvalue weighted by atomic mass is 19.1. The van der Waals surface area contributed by atoms with Crippen molar-refractivity contribution in [3.05, 3.63) is 47.3 Å². The predicted molar refractivity (Wildman–Crippen MR) is 65.3 cm³/mol. The fourth-order valence-corrected chi connectivity index (χ4v) is 2.50. The Kier molecular flexibility index (Phi) is 2.83. The molecular weight excluding hydrogens is 231 g/mol. The van der Waals surface area contributed by atoms with Gasteiger partial charge in [0.2, 0.25) is 0 Å². The maximum Gasteiger partial charge on any atom is 0.146 e. The second kappa shape index (κ2) is 4.49. The van der Waals surface area contributed by atoms with Crippen molar-refractivity contribution in [2.24, 2.45) is 7.05 Å². The normalized spacial score (nSPS) is 18.0. The third-order valence-electron chi connectivity index (χ3n) is 3.53. The molecule has 94 valence electrons. The maximum absolute atomic E-state index is 13.6. The van der Waals surface area contributed by atoms with Gasteiger partial charge < -0.3 is 9.88 Å². The largest absolute Gasteiger partial charge is 0.320 e. The Labute approximate surface area is 105 Å². The van der Waals surface area contributed by atoms with Gasteiger partial charge in [0.1, 0.15) is 18.0 Å². The second-order valence-corrected chi connectivity index (χ2v) is 4.64. The maximum atomic E-state index is 13.6. The number of aryl methyl sites for hydroxylation is 1. The highest BCUT2D eigenvalue weighted by Gasteiger charge is 2.24. The lowest BCUT2D eigenvalue weighted by Gasteiger charge is -2.13. The van der Waals surface area contributed by atoms with Crippen LogP contribution in [0.15, 0.2) is 24.5 Å². The number of benzene rings is 1. The summed E-state index contributed by atoms with van der Waals surface area (Å²) < 4.78 is 15.5. The van der Waals surface area contributed by atoms with Gasteiger partial charge in [0.25, 0.3) is 0 Å². The Morgan fingerprint density at radius 1 is 1.50 bits per heavy atom. The molecule has 1 N–H and O–H groups in total. The van der Waals surface area contributed by atoms with Crippen LogP contribution in [0.5, 0.6) is 0 Å². The van der Waals surface area contributed by atoms with Crippen molar-refractivity contribution in [3.63, 3.8) is 0 Å². The molecule has 0 saturated heterocycles. The van der Waals surface area contributed by atoms with Gasteiger partial charge in [-0.25, -0.2) is 4.39 Å². The molecule has 0 amide bonds. The lowest BCUT2D eigenvalue weighted by Crippen LogP contribution is -2.20. The molecule has 0 fully saturated rings. The van der Waals surface area contributed by atoms with Crippen molar-refractivity contribution in [1.82, 2.24) is 20.1 Å². The number of hydrogen-bond acceptors (Lipinski definition) is 3. The summed E-state index contributed by atoms with van der Waals surface area (Å²) in [5.74, 6) is 0.801.